The van der Waals surface area contributed by atoms with E-state index in [1.807, 2.05) is 25.3 Å². The lowest BCUT2D eigenvalue weighted by atomic mass is 9.94. The molecule has 2 aliphatic rings. The first-order valence-electron chi connectivity index (χ1n) is 9.09. The molecule has 140 valence electrons. The van der Waals surface area contributed by atoms with Crippen LogP contribution in [-0.4, -0.2) is 51.0 Å². The molecule has 0 bridgehead atoms. The average Bonchev–Trinajstić information content (AvgIpc) is 3.40. The van der Waals surface area contributed by atoms with Crippen molar-refractivity contribution >= 4 is 18.0 Å². The number of aryl methyl sites for hydroxylation is 1. The molecule has 1 unspecified atom stereocenters. The van der Waals surface area contributed by atoms with Crippen LogP contribution in [0.3, 0.4) is 0 Å². The molecule has 2 amide bonds. The number of carbonyl (C=O) groups excluding carboxylic acids is 2. The molecule has 8 heteroatoms. The van der Waals surface area contributed by atoms with Crippen LogP contribution in [0, 0.1) is 12.8 Å². The van der Waals surface area contributed by atoms with Gasteiger partial charge in [0, 0.05) is 43.5 Å². The van der Waals surface area contributed by atoms with E-state index in [0.717, 1.165) is 11.3 Å². The van der Waals surface area contributed by atoms with Crippen LogP contribution in [0.25, 0.3) is 0 Å². The number of pyridine rings is 1. The second-order valence-electron chi connectivity index (χ2n) is 6.90. The monoisotopic (exact) mass is 367 g/mol. The van der Waals surface area contributed by atoms with Crippen molar-refractivity contribution in [1.82, 2.24) is 19.9 Å². The Labute approximate surface area is 156 Å². The second-order valence-corrected chi connectivity index (χ2v) is 6.90. The highest BCUT2D eigenvalue weighted by atomic mass is 16.3. The summed E-state index contributed by atoms with van der Waals surface area (Å²) in [5.74, 6) is -0.0712. The summed E-state index contributed by atoms with van der Waals surface area (Å²) >= 11 is 0. The molecule has 8 nitrogen and oxygen atoms in total. The van der Waals surface area contributed by atoms with Gasteiger partial charge in [0.05, 0.1) is 12.2 Å². The van der Waals surface area contributed by atoms with Crippen molar-refractivity contribution in [2.45, 2.75) is 32.2 Å². The highest BCUT2D eigenvalue weighted by Gasteiger charge is 2.36. The first kappa shape index (κ1) is 17.4. The van der Waals surface area contributed by atoms with E-state index in [2.05, 4.69) is 15.1 Å². The minimum absolute atomic E-state index is 0.0149. The molecule has 0 N–H and O–H groups in total. The lowest BCUT2D eigenvalue weighted by Crippen LogP contribution is -2.43. The van der Waals surface area contributed by atoms with Gasteiger partial charge in [-0.25, -0.2) is 9.99 Å². The summed E-state index contributed by atoms with van der Waals surface area (Å²) < 4.78 is 5.07. The Morgan fingerprint density at radius 2 is 2.00 bits per heavy atom. The molecule has 1 atom stereocenters. The van der Waals surface area contributed by atoms with E-state index in [0.29, 0.717) is 32.4 Å². The van der Waals surface area contributed by atoms with Crippen LogP contribution in [0.1, 0.15) is 47.1 Å². The summed E-state index contributed by atoms with van der Waals surface area (Å²) in [4.78, 5) is 35.2. The van der Waals surface area contributed by atoms with E-state index in [1.54, 1.807) is 16.1 Å². The molecule has 27 heavy (non-hydrogen) atoms. The third-order valence-electron chi connectivity index (χ3n) is 5.15. The maximum Gasteiger partial charge on any atom is 0.291 e. The van der Waals surface area contributed by atoms with Crippen molar-refractivity contribution in [2.75, 3.05) is 13.1 Å². The molecule has 4 heterocycles. The summed E-state index contributed by atoms with van der Waals surface area (Å²) in [6, 6.07) is 3.85. The summed E-state index contributed by atoms with van der Waals surface area (Å²) in [7, 11) is 0. The van der Waals surface area contributed by atoms with Crippen molar-refractivity contribution in [2.24, 2.45) is 11.0 Å². The van der Waals surface area contributed by atoms with Gasteiger partial charge in [0.1, 0.15) is 0 Å². The Morgan fingerprint density at radius 1 is 1.19 bits per heavy atom. The Hall–Kier alpha value is -3.03. The predicted molar refractivity (Wildman–Crippen MR) is 96.8 cm³/mol. The number of hydrogen-bond donors (Lipinski definition) is 0. The summed E-state index contributed by atoms with van der Waals surface area (Å²) in [5.41, 5.74) is 1.93. The van der Waals surface area contributed by atoms with Gasteiger partial charge in [0.15, 0.2) is 6.39 Å². The van der Waals surface area contributed by atoms with Crippen LogP contribution < -0.4 is 0 Å². The number of carbonyl (C=O) groups is 2. The standard InChI is InChI=1S/C19H21N5O3/c1-13-2-3-15(10-21-13)16-4-7-22-24(16)18(25)14-5-8-23(9-6-14)19(26)17-11-20-12-27-17/h2-3,7,10-12,14,16H,4-6,8-9H2,1H3. The molecule has 0 aliphatic carbocycles. The highest BCUT2D eigenvalue weighted by Crippen LogP contribution is 2.31. The van der Waals surface area contributed by atoms with Crippen LogP contribution in [0.15, 0.2) is 40.4 Å². The summed E-state index contributed by atoms with van der Waals surface area (Å²) in [6.07, 6.45) is 8.18. The highest BCUT2D eigenvalue weighted by molar-refractivity contribution is 5.91. The number of piperidine rings is 1. The third-order valence-corrected chi connectivity index (χ3v) is 5.15. The largest absolute Gasteiger partial charge is 0.438 e. The zero-order valence-corrected chi connectivity index (χ0v) is 15.1. The van der Waals surface area contributed by atoms with Crippen molar-refractivity contribution < 1.29 is 14.0 Å². The van der Waals surface area contributed by atoms with Gasteiger partial charge in [0.25, 0.3) is 5.91 Å². The van der Waals surface area contributed by atoms with Gasteiger partial charge in [-0.1, -0.05) is 6.07 Å². The van der Waals surface area contributed by atoms with Crippen LogP contribution in [0.5, 0.6) is 0 Å². The number of nitrogens with zero attached hydrogens (tertiary/aromatic N) is 5. The van der Waals surface area contributed by atoms with Crippen LogP contribution in [0.4, 0.5) is 0 Å². The Balaban J connectivity index is 1.39. The van der Waals surface area contributed by atoms with Gasteiger partial charge in [-0.3, -0.25) is 14.6 Å². The van der Waals surface area contributed by atoms with E-state index in [-0.39, 0.29) is 29.5 Å². The van der Waals surface area contributed by atoms with E-state index in [9.17, 15) is 9.59 Å². The molecule has 2 aliphatic heterocycles. The maximum atomic E-state index is 13.0. The van der Waals surface area contributed by atoms with Gasteiger partial charge >= 0.3 is 0 Å². The summed E-state index contributed by atoms with van der Waals surface area (Å²) in [5, 5.41) is 5.90. The minimum Gasteiger partial charge on any atom is -0.438 e. The number of hydrazone groups is 1. The number of likely N-dealkylation sites (tertiary alicyclic amines) is 1. The SMILES string of the molecule is Cc1ccc(C2CC=NN2C(=O)C2CCN(C(=O)c3cnco3)CC2)cn1. The lowest BCUT2D eigenvalue weighted by Gasteiger charge is -2.33. The zero-order chi connectivity index (χ0) is 18.8. The minimum atomic E-state index is -0.179. The van der Waals surface area contributed by atoms with Crippen LogP contribution in [0.2, 0.25) is 0 Å². The van der Waals surface area contributed by atoms with E-state index in [1.165, 1.54) is 12.6 Å². The molecule has 0 radical (unpaired) electrons. The Morgan fingerprint density at radius 3 is 2.67 bits per heavy atom. The first-order valence-corrected chi connectivity index (χ1v) is 9.09. The average molecular weight is 367 g/mol. The molecule has 0 spiro atoms. The van der Waals surface area contributed by atoms with E-state index >= 15 is 0 Å². The zero-order valence-electron chi connectivity index (χ0n) is 15.1. The number of oxazole rings is 1. The smallest absolute Gasteiger partial charge is 0.291 e. The van der Waals surface area contributed by atoms with Crippen molar-refractivity contribution in [3.05, 3.63) is 47.9 Å². The maximum absolute atomic E-state index is 13.0. The van der Waals surface area contributed by atoms with E-state index < -0.39 is 0 Å². The lowest BCUT2D eigenvalue weighted by molar-refractivity contribution is -0.138. The van der Waals surface area contributed by atoms with Crippen molar-refractivity contribution in [3.63, 3.8) is 0 Å². The third kappa shape index (κ3) is 3.47. The van der Waals surface area contributed by atoms with Gasteiger partial charge < -0.3 is 9.32 Å². The summed E-state index contributed by atoms with van der Waals surface area (Å²) in [6.45, 7) is 2.97. The molecule has 1 fully saturated rings. The number of amides is 2. The van der Waals surface area contributed by atoms with Crippen molar-refractivity contribution in [3.8, 4) is 0 Å². The van der Waals surface area contributed by atoms with Crippen molar-refractivity contribution in [1.29, 1.82) is 0 Å². The topological polar surface area (TPSA) is 91.9 Å². The molecule has 2 aromatic heterocycles. The fraction of sp³-hybridized carbons (Fsp3) is 0.421. The molecule has 1 saturated heterocycles. The van der Waals surface area contributed by atoms with Crippen LogP contribution in [-0.2, 0) is 4.79 Å². The first-order chi connectivity index (χ1) is 13.1. The van der Waals surface area contributed by atoms with Crippen LogP contribution >= 0.6 is 0 Å². The number of hydrogen-bond acceptors (Lipinski definition) is 6. The molecular weight excluding hydrogens is 346 g/mol. The molecule has 0 aromatic carbocycles. The normalized spacial score (nSPS) is 20.3. The van der Waals surface area contributed by atoms with Gasteiger partial charge in [-0.2, -0.15) is 5.10 Å². The molecule has 2 aromatic rings. The molecule has 4 rings (SSSR count). The van der Waals surface area contributed by atoms with Gasteiger partial charge in [-0.15, -0.1) is 0 Å². The fourth-order valence-electron chi connectivity index (χ4n) is 3.57. The van der Waals surface area contributed by atoms with Gasteiger partial charge in [0.2, 0.25) is 11.7 Å². The Bertz CT molecular complexity index is 839. The number of rotatable bonds is 3. The fourth-order valence-corrected chi connectivity index (χ4v) is 3.57. The molecular formula is C19H21N5O3. The number of aromatic nitrogens is 2. The second kappa shape index (κ2) is 7.30. The van der Waals surface area contributed by atoms with Gasteiger partial charge in [-0.05, 0) is 31.4 Å². The van der Waals surface area contributed by atoms with E-state index in [4.69, 9.17) is 4.42 Å². The quantitative estimate of drug-likeness (QED) is 0.829. The molecule has 0 saturated carbocycles. The predicted octanol–water partition coefficient (Wildman–Crippen LogP) is 2.19. The Kier molecular flexibility index (Phi) is 4.70.